The van der Waals surface area contributed by atoms with Crippen LogP contribution < -0.4 is 5.32 Å². The topological polar surface area (TPSA) is 80.1 Å². The molecule has 0 spiro atoms. The predicted octanol–water partition coefficient (Wildman–Crippen LogP) is 2.14. The number of piperidine rings is 1. The summed E-state index contributed by atoms with van der Waals surface area (Å²) in [5.41, 5.74) is 2.31. The van der Waals surface area contributed by atoms with E-state index >= 15 is 0 Å². The van der Waals surface area contributed by atoms with Gasteiger partial charge < -0.3 is 10.2 Å². The molecule has 2 aliphatic heterocycles. The summed E-state index contributed by atoms with van der Waals surface area (Å²) in [5, 5.41) is 7.45. The number of likely N-dealkylation sites (tertiary alicyclic amines) is 1. The average Bonchev–Trinajstić information content (AvgIpc) is 3.15. The molecule has 2 amide bonds. The van der Waals surface area contributed by atoms with Gasteiger partial charge in [0.2, 0.25) is 0 Å². The van der Waals surface area contributed by atoms with Crippen molar-refractivity contribution in [2.75, 3.05) is 19.6 Å². The third-order valence-electron chi connectivity index (χ3n) is 5.83. The first-order chi connectivity index (χ1) is 13.6. The number of nitrogens with one attached hydrogen (secondary N) is 1. The fraction of sp³-hybridized carbons (Fsp3) is 0.524. The van der Waals surface area contributed by atoms with Crippen molar-refractivity contribution in [3.05, 3.63) is 47.5 Å². The SMILES string of the molecule is C[C@H]1CCCN(C(=O)c2cnn3c2C[C@@H](CNC(=O)c2cccnc2)CC3)C1. The number of hydrogen-bond acceptors (Lipinski definition) is 4. The number of fused-ring (bicyclic) bond motifs is 1. The quantitative estimate of drug-likeness (QED) is 0.880. The summed E-state index contributed by atoms with van der Waals surface area (Å²) in [5.74, 6) is 0.856. The first kappa shape index (κ1) is 18.7. The molecule has 2 aromatic heterocycles. The summed E-state index contributed by atoms with van der Waals surface area (Å²) in [4.78, 5) is 31.3. The first-order valence-electron chi connectivity index (χ1n) is 10.1. The monoisotopic (exact) mass is 381 g/mol. The number of rotatable bonds is 4. The van der Waals surface area contributed by atoms with E-state index in [0.29, 0.717) is 23.9 Å². The van der Waals surface area contributed by atoms with E-state index in [0.717, 1.165) is 50.2 Å². The largest absolute Gasteiger partial charge is 0.352 e. The van der Waals surface area contributed by atoms with Gasteiger partial charge in [-0.15, -0.1) is 0 Å². The summed E-state index contributed by atoms with van der Waals surface area (Å²) in [7, 11) is 0. The van der Waals surface area contributed by atoms with Gasteiger partial charge in [-0.05, 0) is 49.7 Å². The predicted molar refractivity (Wildman–Crippen MR) is 105 cm³/mol. The van der Waals surface area contributed by atoms with Crippen LogP contribution in [0.4, 0.5) is 0 Å². The lowest BCUT2D eigenvalue weighted by molar-refractivity contribution is 0.0680. The lowest BCUT2D eigenvalue weighted by Crippen LogP contribution is -2.40. The molecule has 4 heterocycles. The zero-order valence-electron chi connectivity index (χ0n) is 16.3. The van der Waals surface area contributed by atoms with E-state index in [2.05, 4.69) is 22.3 Å². The third-order valence-corrected chi connectivity index (χ3v) is 5.83. The van der Waals surface area contributed by atoms with Crippen LogP contribution in [0.1, 0.15) is 52.6 Å². The normalized spacial score (nSPS) is 21.8. The van der Waals surface area contributed by atoms with Crippen molar-refractivity contribution in [3.8, 4) is 0 Å². The fourth-order valence-electron chi connectivity index (χ4n) is 4.23. The zero-order valence-corrected chi connectivity index (χ0v) is 16.3. The van der Waals surface area contributed by atoms with E-state index in [-0.39, 0.29) is 11.8 Å². The molecule has 2 atom stereocenters. The lowest BCUT2D eigenvalue weighted by Gasteiger charge is -2.31. The Kier molecular flexibility index (Phi) is 5.41. The molecule has 1 saturated heterocycles. The Balaban J connectivity index is 1.40. The molecule has 0 aromatic carbocycles. The van der Waals surface area contributed by atoms with Crippen molar-refractivity contribution in [1.82, 2.24) is 25.0 Å². The van der Waals surface area contributed by atoms with E-state index in [1.54, 1.807) is 30.7 Å². The van der Waals surface area contributed by atoms with Crippen LogP contribution in [0.2, 0.25) is 0 Å². The molecule has 1 fully saturated rings. The maximum absolute atomic E-state index is 13.0. The summed E-state index contributed by atoms with van der Waals surface area (Å²) in [6, 6.07) is 3.52. The first-order valence-corrected chi connectivity index (χ1v) is 10.1. The maximum Gasteiger partial charge on any atom is 0.257 e. The van der Waals surface area contributed by atoms with Crippen LogP contribution in [0.15, 0.2) is 30.7 Å². The maximum atomic E-state index is 13.0. The number of carbonyl (C=O) groups is 2. The number of nitrogens with zero attached hydrogens (tertiary/aromatic N) is 4. The molecule has 7 heteroatoms. The zero-order chi connectivity index (χ0) is 19.5. The van der Waals surface area contributed by atoms with Crippen LogP contribution in [0.25, 0.3) is 0 Å². The van der Waals surface area contributed by atoms with Gasteiger partial charge in [0.25, 0.3) is 11.8 Å². The van der Waals surface area contributed by atoms with E-state index in [4.69, 9.17) is 0 Å². The average molecular weight is 381 g/mol. The Morgan fingerprint density at radius 3 is 2.93 bits per heavy atom. The van der Waals surface area contributed by atoms with Gasteiger partial charge >= 0.3 is 0 Å². The summed E-state index contributed by atoms with van der Waals surface area (Å²) in [6.07, 6.45) is 8.91. The minimum atomic E-state index is -0.106. The van der Waals surface area contributed by atoms with E-state index in [1.165, 1.54) is 6.42 Å². The molecule has 2 aliphatic rings. The number of hydrogen-bond donors (Lipinski definition) is 1. The van der Waals surface area contributed by atoms with Gasteiger partial charge in [-0.1, -0.05) is 6.92 Å². The molecule has 0 unspecified atom stereocenters. The Labute approximate surface area is 165 Å². The Hall–Kier alpha value is -2.70. The molecule has 0 aliphatic carbocycles. The van der Waals surface area contributed by atoms with Crippen LogP contribution >= 0.6 is 0 Å². The van der Waals surface area contributed by atoms with Crippen LogP contribution in [0.5, 0.6) is 0 Å². The number of carbonyl (C=O) groups excluding carboxylic acids is 2. The second-order valence-electron chi connectivity index (χ2n) is 8.04. The van der Waals surface area contributed by atoms with Gasteiger partial charge in [-0.3, -0.25) is 19.3 Å². The summed E-state index contributed by atoms with van der Waals surface area (Å²) < 4.78 is 1.96. The molecule has 1 N–H and O–H groups in total. The summed E-state index contributed by atoms with van der Waals surface area (Å²) >= 11 is 0. The Morgan fingerprint density at radius 2 is 2.14 bits per heavy atom. The molecule has 0 saturated carbocycles. The van der Waals surface area contributed by atoms with Crippen LogP contribution in [0.3, 0.4) is 0 Å². The molecule has 0 bridgehead atoms. The van der Waals surface area contributed by atoms with Crippen LogP contribution in [-0.2, 0) is 13.0 Å². The van der Waals surface area contributed by atoms with Crippen LogP contribution in [-0.4, -0.2) is 51.1 Å². The van der Waals surface area contributed by atoms with Gasteiger partial charge in [0.15, 0.2) is 0 Å². The number of aromatic nitrogens is 3. The summed E-state index contributed by atoms with van der Waals surface area (Å²) in [6.45, 7) is 5.24. The molecule has 148 valence electrons. The number of amides is 2. The molecular formula is C21H27N5O2. The molecule has 4 rings (SSSR count). The third kappa shape index (κ3) is 3.93. The standard InChI is InChI=1S/C21H27N5O2/c1-15-4-3-8-25(14-15)21(28)18-13-24-26-9-6-16(10-19(18)26)11-23-20(27)17-5-2-7-22-12-17/h2,5,7,12-13,15-16H,3-4,6,8-11,14H2,1H3,(H,23,27)/t15-,16-/m0/s1. The van der Waals surface area contributed by atoms with Crippen molar-refractivity contribution >= 4 is 11.8 Å². The number of pyridine rings is 1. The minimum absolute atomic E-state index is 0.104. The highest BCUT2D eigenvalue weighted by Crippen LogP contribution is 2.25. The van der Waals surface area contributed by atoms with Crippen molar-refractivity contribution in [1.29, 1.82) is 0 Å². The van der Waals surface area contributed by atoms with E-state index < -0.39 is 0 Å². The second kappa shape index (κ2) is 8.12. The van der Waals surface area contributed by atoms with E-state index in [9.17, 15) is 9.59 Å². The van der Waals surface area contributed by atoms with Gasteiger partial charge in [-0.2, -0.15) is 5.10 Å². The van der Waals surface area contributed by atoms with E-state index in [1.807, 2.05) is 9.58 Å². The van der Waals surface area contributed by atoms with Gasteiger partial charge in [0, 0.05) is 38.6 Å². The van der Waals surface area contributed by atoms with Crippen LogP contribution in [0, 0.1) is 11.8 Å². The second-order valence-corrected chi connectivity index (χ2v) is 8.04. The highest BCUT2D eigenvalue weighted by Gasteiger charge is 2.29. The Morgan fingerprint density at radius 1 is 1.25 bits per heavy atom. The highest BCUT2D eigenvalue weighted by molar-refractivity contribution is 5.95. The molecule has 0 radical (unpaired) electrons. The number of aryl methyl sites for hydroxylation is 1. The van der Waals surface area contributed by atoms with Gasteiger partial charge in [0.1, 0.15) is 0 Å². The lowest BCUT2D eigenvalue weighted by atomic mass is 9.93. The van der Waals surface area contributed by atoms with Crippen molar-refractivity contribution in [3.63, 3.8) is 0 Å². The Bertz CT molecular complexity index is 848. The fourth-order valence-corrected chi connectivity index (χ4v) is 4.23. The molecule has 7 nitrogen and oxygen atoms in total. The van der Waals surface area contributed by atoms with Crippen molar-refractivity contribution < 1.29 is 9.59 Å². The smallest absolute Gasteiger partial charge is 0.257 e. The van der Waals surface area contributed by atoms with Gasteiger partial charge in [0.05, 0.1) is 23.0 Å². The highest BCUT2D eigenvalue weighted by atomic mass is 16.2. The minimum Gasteiger partial charge on any atom is -0.352 e. The molecule has 2 aromatic rings. The van der Waals surface area contributed by atoms with Gasteiger partial charge in [-0.25, -0.2) is 0 Å². The molecule has 28 heavy (non-hydrogen) atoms. The molecular weight excluding hydrogens is 354 g/mol. The van der Waals surface area contributed by atoms with Crippen molar-refractivity contribution in [2.45, 2.75) is 39.2 Å². The van der Waals surface area contributed by atoms with Crippen molar-refractivity contribution in [2.24, 2.45) is 11.8 Å².